The van der Waals surface area contributed by atoms with E-state index in [4.69, 9.17) is 0 Å². The molecule has 2 aromatic rings. The average Bonchev–Trinajstić information content (AvgIpc) is 3.38. The van der Waals surface area contributed by atoms with Gasteiger partial charge in [0.25, 0.3) is 11.5 Å². The first kappa shape index (κ1) is 14.4. The molecule has 1 aliphatic carbocycles. The largest absolute Gasteiger partial charge is 0.334 e. The van der Waals surface area contributed by atoms with Gasteiger partial charge in [0.1, 0.15) is 11.5 Å². The highest BCUT2D eigenvalue weighted by atomic mass is 16.2. The Balaban J connectivity index is 1.85. The molecule has 22 heavy (non-hydrogen) atoms. The molecule has 114 valence electrons. The Morgan fingerprint density at radius 1 is 1.45 bits per heavy atom. The van der Waals surface area contributed by atoms with E-state index in [1.807, 2.05) is 19.1 Å². The lowest BCUT2D eigenvalue weighted by Crippen LogP contribution is -2.31. The summed E-state index contributed by atoms with van der Waals surface area (Å²) in [6, 6.07) is 4.87. The molecule has 0 radical (unpaired) electrons. The number of hydrogen-bond donors (Lipinski definition) is 1. The Morgan fingerprint density at radius 3 is 2.86 bits per heavy atom. The maximum atomic E-state index is 12.6. The van der Waals surface area contributed by atoms with E-state index in [1.165, 1.54) is 6.07 Å². The first-order valence-corrected chi connectivity index (χ1v) is 7.34. The van der Waals surface area contributed by atoms with Crippen LogP contribution in [0.4, 0.5) is 0 Å². The van der Waals surface area contributed by atoms with Crippen molar-refractivity contribution in [3.05, 3.63) is 58.0 Å². The topological polar surface area (TPSA) is 79.0 Å². The van der Waals surface area contributed by atoms with Crippen LogP contribution in [-0.4, -0.2) is 32.8 Å². The molecule has 6 nitrogen and oxygen atoms in total. The molecule has 1 N–H and O–H groups in total. The zero-order valence-corrected chi connectivity index (χ0v) is 12.6. The highest BCUT2D eigenvalue weighted by Crippen LogP contribution is 2.37. The van der Waals surface area contributed by atoms with E-state index >= 15 is 0 Å². The van der Waals surface area contributed by atoms with Gasteiger partial charge >= 0.3 is 0 Å². The summed E-state index contributed by atoms with van der Waals surface area (Å²) in [4.78, 5) is 37.0. The minimum absolute atomic E-state index is 0.147. The van der Waals surface area contributed by atoms with Crippen LogP contribution in [0.2, 0.25) is 0 Å². The van der Waals surface area contributed by atoms with Gasteiger partial charge in [0.15, 0.2) is 0 Å². The molecule has 1 atom stereocenters. The van der Waals surface area contributed by atoms with Crippen LogP contribution in [0.15, 0.2) is 35.4 Å². The van der Waals surface area contributed by atoms with Crippen LogP contribution in [0.5, 0.6) is 0 Å². The van der Waals surface area contributed by atoms with E-state index in [2.05, 4.69) is 15.0 Å². The Labute approximate surface area is 128 Å². The van der Waals surface area contributed by atoms with Gasteiger partial charge in [-0.1, -0.05) is 6.07 Å². The number of H-pyrrole nitrogens is 1. The Morgan fingerprint density at radius 2 is 2.23 bits per heavy atom. The van der Waals surface area contributed by atoms with E-state index in [9.17, 15) is 9.59 Å². The maximum absolute atomic E-state index is 12.6. The molecule has 1 fully saturated rings. The normalized spacial score (nSPS) is 15.4. The Hall–Kier alpha value is -2.50. The number of pyridine rings is 1. The second kappa shape index (κ2) is 5.71. The number of aromatic amines is 1. The first-order chi connectivity index (χ1) is 10.6. The highest BCUT2D eigenvalue weighted by Gasteiger charge is 2.28. The van der Waals surface area contributed by atoms with Crippen LogP contribution < -0.4 is 5.56 Å². The van der Waals surface area contributed by atoms with Crippen LogP contribution in [0.3, 0.4) is 0 Å². The first-order valence-electron chi connectivity index (χ1n) is 7.34. The van der Waals surface area contributed by atoms with Crippen molar-refractivity contribution in [2.24, 2.45) is 0 Å². The van der Waals surface area contributed by atoms with Crippen molar-refractivity contribution in [1.82, 2.24) is 19.9 Å². The predicted molar refractivity (Wildman–Crippen MR) is 81.6 cm³/mol. The van der Waals surface area contributed by atoms with Crippen LogP contribution in [0, 0.1) is 0 Å². The minimum atomic E-state index is -0.275. The number of carbonyl (C=O) groups excluding carboxylic acids is 1. The molecule has 1 aliphatic rings. The lowest BCUT2D eigenvalue weighted by atomic mass is 10.1. The SMILES string of the molecule is C[C@@H](c1cccnc1)N(C)C(=O)c1cc(=O)[nH]c(C2CC2)n1. The van der Waals surface area contributed by atoms with Crippen molar-refractivity contribution in [2.45, 2.75) is 31.7 Å². The van der Waals surface area contributed by atoms with Crippen molar-refractivity contribution < 1.29 is 4.79 Å². The summed E-state index contributed by atoms with van der Waals surface area (Å²) in [6.07, 6.45) is 5.46. The second-order valence-corrected chi connectivity index (χ2v) is 5.67. The lowest BCUT2D eigenvalue weighted by molar-refractivity contribution is 0.0735. The van der Waals surface area contributed by atoms with Gasteiger partial charge in [0, 0.05) is 31.4 Å². The zero-order chi connectivity index (χ0) is 15.7. The molecule has 0 bridgehead atoms. The van der Waals surface area contributed by atoms with Gasteiger partial charge in [-0.3, -0.25) is 14.6 Å². The van der Waals surface area contributed by atoms with Crippen LogP contribution in [-0.2, 0) is 0 Å². The third-order valence-electron chi connectivity index (χ3n) is 4.01. The quantitative estimate of drug-likeness (QED) is 0.934. The highest BCUT2D eigenvalue weighted by molar-refractivity contribution is 5.92. The number of carbonyl (C=O) groups is 1. The van der Waals surface area contributed by atoms with Gasteiger partial charge in [-0.15, -0.1) is 0 Å². The van der Waals surface area contributed by atoms with E-state index in [1.54, 1.807) is 24.3 Å². The summed E-state index contributed by atoms with van der Waals surface area (Å²) >= 11 is 0. The van der Waals surface area contributed by atoms with Gasteiger partial charge in [0.2, 0.25) is 0 Å². The summed E-state index contributed by atoms with van der Waals surface area (Å²) in [5.41, 5.74) is 0.858. The van der Waals surface area contributed by atoms with Gasteiger partial charge in [-0.25, -0.2) is 4.98 Å². The third-order valence-corrected chi connectivity index (χ3v) is 4.01. The second-order valence-electron chi connectivity index (χ2n) is 5.67. The Bertz CT molecular complexity index is 737. The van der Waals surface area contributed by atoms with E-state index in [-0.39, 0.29) is 23.2 Å². The summed E-state index contributed by atoms with van der Waals surface area (Å²) in [5.74, 6) is 0.657. The summed E-state index contributed by atoms with van der Waals surface area (Å²) < 4.78 is 0. The molecule has 1 amide bonds. The number of hydrogen-bond acceptors (Lipinski definition) is 4. The number of nitrogens with zero attached hydrogens (tertiary/aromatic N) is 3. The molecule has 0 aliphatic heterocycles. The standard InChI is InChI=1S/C16H18N4O2/c1-10(12-4-3-7-17-9-12)20(2)16(22)13-8-14(21)19-15(18-13)11-5-6-11/h3-4,7-11H,5-6H2,1-2H3,(H,18,19,21)/t10-/m0/s1. The van der Waals surface area contributed by atoms with Crippen LogP contribution in [0.25, 0.3) is 0 Å². The van der Waals surface area contributed by atoms with Crippen molar-refractivity contribution in [3.63, 3.8) is 0 Å². The summed E-state index contributed by atoms with van der Waals surface area (Å²) in [5, 5.41) is 0. The number of rotatable bonds is 4. The van der Waals surface area contributed by atoms with E-state index < -0.39 is 0 Å². The molecular weight excluding hydrogens is 280 g/mol. The molecule has 0 spiro atoms. The van der Waals surface area contributed by atoms with Gasteiger partial charge < -0.3 is 9.88 Å². The fraction of sp³-hybridized carbons (Fsp3) is 0.375. The smallest absolute Gasteiger partial charge is 0.272 e. The predicted octanol–water partition coefficient (Wildman–Crippen LogP) is 1.88. The zero-order valence-electron chi connectivity index (χ0n) is 12.6. The van der Waals surface area contributed by atoms with Crippen LogP contribution >= 0.6 is 0 Å². The van der Waals surface area contributed by atoms with Crippen molar-refractivity contribution in [2.75, 3.05) is 7.05 Å². The molecule has 2 aromatic heterocycles. The van der Waals surface area contributed by atoms with Crippen LogP contribution in [0.1, 0.15) is 53.6 Å². The summed E-state index contributed by atoms with van der Waals surface area (Å²) in [7, 11) is 1.71. The van der Waals surface area contributed by atoms with Crippen molar-refractivity contribution in [3.8, 4) is 0 Å². The van der Waals surface area contributed by atoms with Gasteiger partial charge in [-0.05, 0) is 31.4 Å². The molecule has 0 aromatic carbocycles. The number of amides is 1. The van der Waals surface area contributed by atoms with E-state index in [0.29, 0.717) is 11.7 Å². The molecule has 3 rings (SSSR count). The molecule has 0 saturated heterocycles. The van der Waals surface area contributed by atoms with Crippen molar-refractivity contribution >= 4 is 5.91 Å². The Kier molecular flexibility index (Phi) is 3.75. The maximum Gasteiger partial charge on any atom is 0.272 e. The van der Waals surface area contributed by atoms with E-state index in [0.717, 1.165) is 18.4 Å². The summed E-state index contributed by atoms with van der Waals surface area (Å²) in [6.45, 7) is 1.92. The molecule has 2 heterocycles. The average molecular weight is 298 g/mol. The number of nitrogens with one attached hydrogen (secondary N) is 1. The van der Waals surface area contributed by atoms with Crippen molar-refractivity contribution in [1.29, 1.82) is 0 Å². The monoisotopic (exact) mass is 298 g/mol. The minimum Gasteiger partial charge on any atom is -0.334 e. The lowest BCUT2D eigenvalue weighted by Gasteiger charge is -2.24. The fourth-order valence-electron chi connectivity index (χ4n) is 2.34. The third kappa shape index (κ3) is 2.90. The fourth-order valence-corrected chi connectivity index (χ4v) is 2.34. The molecule has 6 heteroatoms. The number of aromatic nitrogens is 3. The molecule has 1 saturated carbocycles. The molecule has 0 unspecified atom stereocenters. The van der Waals surface area contributed by atoms with Gasteiger partial charge in [-0.2, -0.15) is 0 Å². The molecular formula is C16H18N4O2. The van der Waals surface area contributed by atoms with Gasteiger partial charge in [0.05, 0.1) is 6.04 Å².